The molecule has 0 saturated heterocycles. The molecule has 0 aliphatic carbocycles. The molecule has 18 heavy (non-hydrogen) atoms. The van der Waals surface area contributed by atoms with Crippen molar-refractivity contribution < 1.29 is 13.2 Å². The highest BCUT2D eigenvalue weighted by Gasteiger charge is 2.15. The standard InChI is InChI=1S/C13H17ClO3S/c1-10(2)7-8-18(16,17)12-5-3-11(4-6-12)13(15)9-14/h3-6,10H,7-9H2,1-2H3. The van der Waals surface area contributed by atoms with Gasteiger partial charge in [0, 0.05) is 5.56 Å². The maximum atomic E-state index is 12.0. The van der Waals surface area contributed by atoms with Gasteiger partial charge in [0.2, 0.25) is 0 Å². The molecule has 0 fully saturated rings. The first-order chi connectivity index (χ1) is 8.36. The van der Waals surface area contributed by atoms with E-state index in [0.29, 0.717) is 17.9 Å². The summed E-state index contributed by atoms with van der Waals surface area (Å²) in [6.07, 6.45) is 0.630. The van der Waals surface area contributed by atoms with E-state index in [1.54, 1.807) is 0 Å². The zero-order valence-electron chi connectivity index (χ0n) is 10.5. The van der Waals surface area contributed by atoms with Crippen molar-refractivity contribution in [2.45, 2.75) is 25.2 Å². The third kappa shape index (κ3) is 4.10. The molecule has 0 amide bonds. The fourth-order valence-corrected chi connectivity index (χ4v) is 3.16. The van der Waals surface area contributed by atoms with Gasteiger partial charge < -0.3 is 0 Å². The number of carbonyl (C=O) groups is 1. The minimum atomic E-state index is -3.25. The summed E-state index contributed by atoms with van der Waals surface area (Å²) in [7, 11) is -3.25. The number of hydrogen-bond acceptors (Lipinski definition) is 3. The van der Waals surface area contributed by atoms with Gasteiger partial charge in [0.05, 0.1) is 16.5 Å². The molecule has 0 N–H and O–H groups in total. The molecule has 0 unspecified atom stereocenters. The summed E-state index contributed by atoms with van der Waals surface area (Å²) in [6, 6.07) is 5.95. The quantitative estimate of drug-likeness (QED) is 0.597. The summed E-state index contributed by atoms with van der Waals surface area (Å²) < 4.78 is 24.0. The van der Waals surface area contributed by atoms with Crippen LogP contribution in [-0.4, -0.2) is 25.8 Å². The lowest BCUT2D eigenvalue weighted by molar-refractivity contribution is 0.102. The molecule has 100 valence electrons. The van der Waals surface area contributed by atoms with Crippen molar-refractivity contribution in [2.24, 2.45) is 5.92 Å². The molecule has 1 aromatic rings. The second kappa shape index (κ2) is 6.34. The smallest absolute Gasteiger partial charge is 0.178 e. The molecule has 0 atom stereocenters. The average Bonchev–Trinajstić information content (AvgIpc) is 2.36. The predicted molar refractivity (Wildman–Crippen MR) is 73.0 cm³/mol. The molecule has 0 aromatic heterocycles. The first-order valence-electron chi connectivity index (χ1n) is 5.79. The van der Waals surface area contributed by atoms with Crippen LogP contribution in [0, 0.1) is 5.92 Å². The second-order valence-electron chi connectivity index (χ2n) is 4.58. The van der Waals surface area contributed by atoms with Crippen LogP contribution in [0.1, 0.15) is 30.6 Å². The van der Waals surface area contributed by atoms with E-state index in [-0.39, 0.29) is 22.3 Å². The van der Waals surface area contributed by atoms with Gasteiger partial charge in [-0.05, 0) is 24.5 Å². The van der Waals surface area contributed by atoms with Crippen LogP contribution in [0.4, 0.5) is 0 Å². The van der Waals surface area contributed by atoms with Crippen molar-refractivity contribution in [1.29, 1.82) is 0 Å². The molecular formula is C13H17ClO3S. The molecule has 5 heteroatoms. The minimum Gasteiger partial charge on any atom is -0.293 e. The Labute approximate surface area is 113 Å². The van der Waals surface area contributed by atoms with Crippen LogP contribution >= 0.6 is 11.6 Å². The highest BCUT2D eigenvalue weighted by atomic mass is 35.5. The Bertz CT molecular complexity index is 504. The Kier molecular flexibility index (Phi) is 5.35. The second-order valence-corrected chi connectivity index (χ2v) is 6.96. The van der Waals surface area contributed by atoms with E-state index < -0.39 is 9.84 Å². The van der Waals surface area contributed by atoms with Crippen LogP contribution in [0.2, 0.25) is 0 Å². The van der Waals surface area contributed by atoms with Crippen LogP contribution in [0.25, 0.3) is 0 Å². The lowest BCUT2D eigenvalue weighted by Crippen LogP contribution is -2.09. The first-order valence-corrected chi connectivity index (χ1v) is 7.97. The van der Waals surface area contributed by atoms with Crippen LogP contribution in [0.3, 0.4) is 0 Å². The molecule has 3 nitrogen and oxygen atoms in total. The number of sulfone groups is 1. The van der Waals surface area contributed by atoms with Crippen LogP contribution < -0.4 is 0 Å². The zero-order valence-corrected chi connectivity index (χ0v) is 12.1. The number of hydrogen-bond donors (Lipinski definition) is 0. The molecule has 0 saturated carbocycles. The summed E-state index contributed by atoms with van der Waals surface area (Å²) in [6.45, 7) is 3.97. The molecule has 0 heterocycles. The number of ketones is 1. The monoisotopic (exact) mass is 288 g/mol. The average molecular weight is 289 g/mol. The SMILES string of the molecule is CC(C)CCS(=O)(=O)c1ccc(C(=O)CCl)cc1. The molecule has 0 spiro atoms. The van der Waals surface area contributed by atoms with Gasteiger partial charge >= 0.3 is 0 Å². The minimum absolute atomic E-state index is 0.0978. The fraction of sp³-hybridized carbons (Fsp3) is 0.462. The number of alkyl halides is 1. The summed E-state index contributed by atoms with van der Waals surface area (Å²) in [5.41, 5.74) is 0.438. The summed E-state index contributed by atoms with van der Waals surface area (Å²) in [5.74, 6) is 0.173. The molecular weight excluding hydrogens is 272 g/mol. The fourth-order valence-electron chi connectivity index (χ4n) is 1.43. The highest BCUT2D eigenvalue weighted by molar-refractivity contribution is 7.91. The lowest BCUT2D eigenvalue weighted by atomic mass is 10.1. The number of benzene rings is 1. The van der Waals surface area contributed by atoms with Crippen molar-refractivity contribution in [1.82, 2.24) is 0 Å². The highest BCUT2D eigenvalue weighted by Crippen LogP contribution is 2.15. The first kappa shape index (κ1) is 15.2. The van der Waals surface area contributed by atoms with Crippen molar-refractivity contribution in [3.63, 3.8) is 0 Å². The summed E-state index contributed by atoms with van der Waals surface area (Å²) in [4.78, 5) is 11.6. The third-order valence-electron chi connectivity index (χ3n) is 2.62. The summed E-state index contributed by atoms with van der Waals surface area (Å²) >= 11 is 5.43. The Morgan fingerprint density at radius 1 is 1.22 bits per heavy atom. The van der Waals surface area contributed by atoms with Crippen LogP contribution in [0.5, 0.6) is 0 Å². The van der Waals surface area contributed by atoms with E-state index in [2.05, 4.69) is 0 Å². The van der Waals surface area contributed by atoms with E-state index in [0.717, 1.165) is 0 Å². The van der Waals surface area contributed by atoms with Gasteiger partial charge in [-0.1, -0.05) is 26.0 Å². The van der Waals surface area contributed by atoms with Gasteiger partial charge in [-0.15, -0.1) is 11.6 Å². The molecule has 0 aliphatic rings. The van der Waals surface area contributed by atoms with E-state index in [1.807, 2.05) is 13.8 Å². The Balaban J connectivity index is 2.87. The number of halogens is 1. The summed E-state index contributed by atoms with van der Waals surface area (Å²) in [5, 5.41) is 0. The molecule has 1 aromatic carbocycles. The maximum absolute atomic E-state index is 12.0. The van der Waals surface area contributed by atoms with Crippen molar-refractivity contribution >= 4 is 27.2 Å². The van der Waals surface area contributed by atoms with E-state index in [4.69, 9.17) is 11.6 Å². The zero-order chi connectivity index (χ0) is 13.8. The molecule has 0 aliphatic heterocycles. The van der Waals surface area contributed by atoms with Crippen molar-refractivity contribution in [3.8, 4) is 0 Å². The van der Waals surface area contributed by atoms with Gasteiger partial charge in [-0.25, -0.2) is 8.42 Å². The Morgan fingerprint density at radius 2 is 1.78 bits per heavy atom. The lowest BCUT2D eigenvalue weighted by Gasteiger charge is -2.07. The topological polar surface area (TPSA) is 51.2 Å². The largest absolute Gasteiger partial charge is 0.293 e. The van der Waals surface area contributed by atoms with Crippen LogP contribution in [-0.2, 0) is 9.84 Å². The van der Waals surface area contributed by atoms with Gasteiger partial charge in [0.1, 0.15) is 0 Å². The van der Waals surface area contributed by atoms with Crippen LogP contribution in [0.15, 0.2) is 29.2 Å². The van der Waals surface area contributed by atoms with E-state index in [9.17, 15) is 13.2 Å². The number of carbonyl (C=O) groups excluding carboxylic acids is 1. The van der Waals surface area contributed by atoms with E-state index in [1.165, 1.54) is 24.3 Å². The van der Waals surface area contributed by atoms with Crippen molar-refractivity contribution in [2.75, 3.05) is 11.6 Å². The Hall–Kier alpha value is -0.870. The molecule has 1 rings (SSSR count). The number of rotatable bonds is 6. The van der Waals surface area contributed by atoms with Gasteiger partial charge in [0.15, 0.2) is 15.6 Å². The molecule has 0 radical (unpaired) electrons. The van der Waals surface area contributed by atoms with Gasteiger partial charge in [-0.3, -0.25) is 4.79 Å². The normalized spacial score (nSPS) is 11.8. The number of Topliss-reactive ketones (excluding diaryl/α,β-unsaturated/α-hetero) is 1. The Morgan fingerprint density at radius 3 is 2.22 bits per heavy atom. The van der Waals surface area contributed by atoms with E-state index >= 15 is 0 Å². The maximum Gasteiger partial charge on any atom is 0.178 e. The van der Waals surface area contributed by atoms with Gasteiger partial charge in [-0.2, -0.15) is 0 Å². The third-order valence-corrected chi connectivity index (χ3v) is 4.63. The predicted octanol–water partition coefficient (Wildman–Crippen LogP) is 2.93. The van der Waals surface area contributed by atoms with Crippen molar-refractivity contribution in [3.05, 3.63) is 29.8 Å². The molecule has 0 bridgehead atoms. The van der Waals surface area contributed by atoms with Gasteiger partial charge in [0.25, 0.3) is 0 Å².